The molecule has 0 spiro atoms. The van der Waals surface area contributed by atoms with E-state index < -0.39 is 0 Å². The van der Waals surface area contributed by atoms with Crippen molar-refractivity contribution in [3.05, 3.63) is 57.5 Å². The van der Waals surface area contributed by atoms with Crippen molar-refractivity contribution in [1.29, 1.82) is 0 Å². The van der Waals surface area contributed by atoms with Gasteiger partial charge in [-0.3, -0.25) is 4.79 Å². The Bertz CT molecular complexity index is 865. The number of fused-ring (bicyclic) bond motifs is 1. The first-order valence-corrected chi connectivity index (χ1v) is 9.27. The summed E-state index contributed by atoms with van der Waals surface area (Å²) >= 11 is 1.71. The molecule has 0 fully saturated rings. The number of carbonyl (C=O) groups is 1. The second kappa shape index (κ2) is 7.42. The highest BCUT2D eigenvalue weighted by atomic mass is 32.1. The number of rotatable bonds is 6. The van der Waals surface area contributed by atoms with E-state index in [0.29, 0.717) is 13.0 Å². The van der Waals surface area contributed by atoms with E-state index >= 15 is 0 Å². The van der Waals surface area contributed by atoms with Crippen LogP contribution in [0.1, 0.15) is 27.6 Å². The molecule has 3 rings (SSSR count). The minimum absolute atomic E-state index is 0.0179. The van der Waals surface area contributed by atoms with E-state index in [1.807, 2.05) is 26.2 Å². The maximum absolute atomic E-state index is 12.4. The summed E-state index contributed by atoms with van der Waals surface area (Å²) in [5.74, 6) is 0.0179. The number of thiophene rings is 1. The fraction of sp³-hybridized carbons (Fsp3) is 0.350. The first-order valence-electron chi connectivity index (χ1n) is 8.39. The van der Waals surface area contributed by atoms with Crippen molar-refractivity contribution in [3.8, 4) is 0 Å². The summed E-state index contributed by atoms with van der Waals surface area (Å²) in [5.41, 5.74) is 4.19. The third kappa shape index (κ3) is 3.94. The van der Waals surface area contributed by atoms with Gasteiger partial charge in [0.15, 0.2) is 0 Å². The summed E-state index contributed by atoms with van der Waals surface area (Å²) < 4.78 is 5.62. The fourth-order valence-corrected chi connectivity index (χ4v) is 3.86. The van der Waals surface area contributed by atoms with E-state index in [1.165, 1.54) is 16.0 Å². The van der Waals surface area contributed by atoms with Crippen LogP contribution < -0.4 is 5.32 Å². The number of nitrogens with zero attached hydrogens (tertiary/aromatic N) is 1. The molecular formula is C20H24N2O2S. The van der Waals surface area contributed by atoms with Gasteiger partial charge >= 0.3 is 0 Å². The van der Waals surface area contributed by atoms with E-state index in [2.05, 4.69) is 41.6 Å². The minimum Gasteiger partial charge on any atom is -0.464 e. The van der Waals surface area contributed by atoms with Crippen molar-refractivity contribution in [2.24, 2.45) is 0 Å². The zero-order chi connectivity index (χ0) is 18.0. The summed E-state index contributed by atoms with van der Waals surface area (Å²) in [6.07, 6.45) is 2.03. The molecule has 0 saturated heterocycles. The van der Waals surface area contributed by atoms with Gasteiger partial charge in [-0.15, -0.1) is 11.3 Å². The summed E-state index contributed by atoms with van der Waals surface area (Å²) in [5, 5.41) is 6.16. The van der Waals surface area contributed by atoms with Crippen LogP contribution in [0.2, 0.25) is 0 Å². The molecule has 0 aliphatic carbocycles. The highest BCUT2D eigenvalue weighted by Gasteiger charge is 2.17. The van der Waals surface area contributed by atoms with Crippen molar-refractivity contribution >= 4 is 28.2 Å². The molecule has 1 N–H and O–H groups in total. The summed E-state index contributed by atoms with van der Waals surface area (Å²) in [6, 6.07) is 8.47. The van der Waals surface area contributed by atoms with Gasteiger partial charge in [0.1, 0.15) is 5.58 Å². The Morgan fingerprint density at radius 2 is 2.04 bits per heavy atom. The van der Waals surface area contributed by atoms with Gasteiger partial charge in [0.05, 0.1) is 18.7 Å². The quantitative estimate of drug-likeness (QED) is 0.724. The normalized spacial score (nSPS) is 12.7. The maximum atomic E-state index is 12.4. The predicted molar refractivity (Wildman–Crippen MR) is 103 cm³/mol. The lowest BCUT2D eigenvalue weighted by molar-refractivity contribution is -0.120. The van der Waals surface area contributed by atoms with Crippen LogP contribution in [-0.2, 0) is 11.2 Å². The molecule has 4 nitrogen and oxygen atoms in total. The average molecular weight is 356 g/mol. The monoisotopic (exact) mass is 356 g/mol. The summed E-state index contributed by atoms with van der Waals surface area (Å²) in [7, 11) is 4.07. The van der Waals surface area contributed by atoms with Crippen LogP contribution >= 0.6 is 11.3 Å². The fourth-order valence-electron chi connectivity index (χ4n) is 2.94. The lowest BCUT2D eigenvalue weighted by Crippen LogP contribution is -2.34. The van der Waals surface area contributed by atoms with E-state index in [1.54, 1.807) is 17.6 Å². The first kappa shape index (κ1) is 17.7. The molecule has 25 heavy (non-hydrogen) atoms. The van der Waals surface area contributed by atoms with Gasteiger partial charge in [0, 0.05) is 22.4 Å². The SMILES string of the molecule is Cc1cc2occ(CC(=O)NCC(c3cccs3)N(C)C)c2cc1C. The number of carbonyl (C=O) groups excluding carboxylic acids is 1. The lowest BCUT2D eigenvalue weighted by atomic mass is 10.0. The molecule has 1 aromatic carbocycles. The van der Waals surface area contributed by atoms with Gasteiger partial charge in [-0.2, -0.15) is 0 Å². The largest absolute Gasteiger partial charge is 0.464 e. The first-order chi connectivity index (χ1) is 12.0. The molecular weight excluding hydrogens is 332 g/mol. The second-order valence-corrected chi connectivity index (χ2v) is 7.65. The van der Waals surface area contributed by atoms with Gasteiger partial charge in [0.2, 0.25) is 5.91 Å². The molecule has 2 heterocycles. The standard InChI is InChI=1S/C20H24N2O2S/c1-13-8-16-15(12-24-18(16)9-14(13)2)10-20(23)21-11-17(22(3)4)19-6-5-7-25-19/h5-9,12,17H,10-11H2,1-4H3,(H,21,23). The van der Waals surface area contributed by atoms with Gasteiger partial charge in [-0.1, -0.05) is 6.07 Å². The third-order valence-electron chi connectivity index (χ3n) is 4.61. The molecule has 2 aromatic heterocycles. The van der Waals surface area contributed by atoms with Gasteiger partial charge < -0.3 is 14.6 Å². The van der Waals surface area contributed by atoms with Crippen LogP contribution in [0.25, 0.3) is 11.0 Å². The zero-order valence-electron chi connectivity index (χ0n) is 15.1. The second-order valence-electron chi connectivity index (χ2n) is 6.67. The van der Waals surface area contributed by atoms with Gasteiger partial charge in [-0.25, -0.2) is 0 Å². The van der Waals surface area contributed by atoms with Crippen LogP contribution in [0.3, 0.4) is 0 Å². The Balaban J connectivity index is 1.67. The van der Waals surface area contributed by atoms with Crippen molar-refractivity contribution in [1.82, 2.24) is 10.2 Å². The summed E-state index contributed by atoms with van der Waals surface area (Å²) in [6.45, 7) is 4.74. The van der Waals surface area contributed by atoms with Crippen molar-refractivity contribution in [2.75, 3.05) is 20.6 Å². The van der Waals surface area contributed by atoms with Crippen LogP contribution in [-0.4, -0.2) is 31.4 Å². The molecule has 1 atom stereocenters. The van der Waals surface area contributed by atoms with Crippen molar-refractivity contribution < 1.29 is 9.21 Å². The number of hydrogen-bond acceptors (Lipinski definition) is 4. The Hall–Kier alpha value is -2.11. The number of hydrogen-bond donors (Lipinski definition) is 1. The number of amides is 1. The Labute approximate surface area is 152 Å². The smallest absolute Gasteiger partial charge is 0.224 e. The zero-order valence-corrected chi connectivity index (χ0v) is 15.9. The van der Waals surface area contributed by atoms with Crippen molar-refractivity contribution in [2.45, 2.75) is 26.3 Å². The van der Waals surface area contributed by atoms with Crippen LogP contribution in [0.5, 0.6) is 0 Å². The Morgan fingerprint density at radius 3 is 2.72 bits per heavy atom. The molecule has 132 valence electrons. The van der Waals surface area contributed by atoms with Crippen LogP contribution in [0.4, 0.5) is 0 Å². The maximum Gasteiger partial charge on any atom is 0.224 e. The van der Waals surface area contributed by atoms with E-state index in [0.717, 1.165) is 16.5 Å². The highest BCUT2D eigenvalue weighted by molar-refractivity contribution is 7.10. The number of benzene rings is 1. The summed E-state index contributed by atoms with van der Waals surface area (Å²) in [4.78, 5) is 15.8. The third-order valence-corrected chi connectivity index (χ3v) is 5.58. The molecule has 0 aliphatic heterocycles. The predicted octanol–water partition coefficient (Wildman–Crippen LogP) is 4.07. The Morgan fingerprint density at radius 1 is 1.28 bits per heavy atom. The van der Waals surface area contributed by atoms with E-state index in [4.69, 9.17) is 4.42 Å². The number of nitrogens with one attached hydrogen (secondary N) is 1. The molecule has 1 unspecified atom stereocenters. The number of likely N-dealkylation sites (N-methyl/N-ethyl adjacent to an activating group) is 1. The minimum atomic E-state index is 0.0179. The van der Waals surface area contributed by atoms with Crippen LogP contribution in [0, 0.1) is 13.8 Å². The molecule has 0 aliphatic rings. The Kier molecular flexibility index (Phi) is 5.25. The average Bonchev–Trinajstić information content (AvgIpc) is 3.19. The van der Waals surface area contributed by atoms with Gasteiger partial charge in [0.25, 0.3) is 0 Å². The molecule has 0 bridgehead atoms. The molecule has 1 amide bonds. The highest BCUT2D eigenvalue weighted by Crippen LogP contribution is 2.25. The molecule has 0 radical (unpaired) electrons. The number of aryl methyl sites for hydroxylation is 2. The van der Waals surface area contributed by atoms with Crippen molar-refractivity contribution in [3.63, 3.8) is 0 Å². The molecule has 0 saturated carbocycles. The molecule has 5 heteroatoms. The topological polar surface area (TPSA) is 45.5 Å². The van der Waals surface area contributed by atoms with E-state index in [9.17, 15) is 4.79 Å². The lowest BCUT2D eigenvalue weighted by Gasteiger charge is -2.23. The van der Waals surface area contributed by atoms with E-state index in [-0.39, 0.29) is 11.9 Å². The van der Waals surface area contributed by atoms with Gasteiger partial charge in [-0.05, 0) is 62.6 Å². The number of furan rings is 1. The van der Waals surface area contributed by atoms with Crippen LogP contribution in [0.15, 0.2) is 40.3 Å². The molecule has 3 aromatic rings.